The summed E-state index contributed by atoms with van der Waals surface area (Å²) >= 11 is 0. The molecule has 0 saturated carbocycles. The summed E-state index contributed by atoms with van der Waals surface area (Å²) < 4.78 is 0. The second-order valence-electron chi connectivity index (χ2n) is 6.72. The van der Waals surface area contributed by atoms with Gasteiger partial charge in [0.05, 0.1) is 0 Å². The van der Waals surface area contributed by atoms with Crippen molar-refractivity contribution in [3.63, 3.8) is 0 Å². The summed E-state index contributed by atoms with van der Waals surface area (Å²) in [5.41, 5.74) is 0. The Labute approximate surface area is 103 Å². The molecule has 0 heterocycles. The lowest BCUT2D eigenvalue weighted by Gasteiger charge is -2.42. The summed E-state index contributed by atoms with van der Waals surface area (Å²) in [6, 6.07) is 0. The molecule has 1 heteroatoms. The second-order valence-corrected chi connectivity index (χ2v) is 10.7. The van der Waals surface area contributed by atoms with Crippen LogP contribution in [0.4, 0.5) is 0 Å². The van der Waals surface area contributed by atoms with Gasteiger partial charge in [-0.25, -0.2) is 0 Å². The maximum absolute atomic E-state index is 2.41. The summed E-state index contributed by atoms with van der Waals surface area (Å²) in [7, 11) is 0.0733. The second kappa shape index (κ2) is 5.05. The highest BCUT2D eigenvalue weighted by Crippen LogP contribution is 2.59. The van der Waals surface area contributed by atoms with Gasteiger partial charge in [-0.3, -0.25) is 0 Å². The monoisotopic (exact) mass is 238 g/mol. The zero-order chi connectivity index (χ0) is 12.4. The molecule has 92 valence electrons. The summed E-state index contributed by atoms with van der Waals surface area (Å²) in [6.07, 6.45) is 11.7. The molecule has 0 aromatic rings. The van der Waals surface area contributed by atoms with E-state index in [0.717, 1.165) is 0 Å². The van der Waals surface area contributed by atoms with E-state index in [1.807, 2.05) is 0 Å². The minimum absolute atomic E-state index is 0.0733. The van der Waals surface area contributed by atoms with Crippen molar-refractivity contribution < 1.29 is 0 Å². The first-order valence-electron chi connectivity index (χ1n) is 6.34. The van der Waals surface area contributed by atoms with Crippen LogP contribution in [0.25, 0.3) is 0 Å². The minimum Gasteiger partial charge on any atom is -0.0956 e. The molecule has 0 aliphatic heterocycles. The van der Waals surface area contributed by atoms with Crippen LogP contribution in [-0.2, 0) is 0 Å². The first kappa shape index (κ1) is 14.0. The topological polar surface area (TPSA) is 0 Å². The highest BCUT2D eigenvalue weighted by Gasteiger charge is 2.33. The van der Waals surface area contributed by atoms with Crippen molar-refractivity contribution in [2.24, 2.45) is 5.92 Å². The molecular formula is C15H27P. The van der Waals surface area contributed by atoms with Crippen LogP contribution in [0.2, 0.25) is 0 Å². The van der Waals surface area contributed by atoms with Gasteiger partial charge in [-0.15, -0.1) is 0 Å². The molecule has 0 atom stereocenters. The van der Waals surface area contributed by atoms with Crippen molar-refractivity contribution >= 4 is 7.92 Å². The Bertz CT molecular complexity index is 247. The number of allylic oxidation sites excluding steroid dienone is 4. The Morgan fingerprint density at radius 2 is 1.31 bits per heavy atom. The van der Waals surface area contributed by atoms with E-state index < -0.39 is 0 Å². The van der Waals surface area contributed by atoms with E-state index in [1.165, 1.54) is 12.6 Å². The normalized spacial score (nSPS) is 17.7. The fourth-order valence-corrected chi connectivity index (χ4v) is 6.54. The van der Waals surface area contributed by atoms with Crippen LogP contribution in [-0.4, -0.2) is 16.5 Å². The lowest BCUT2D eigenvalue weighted by molar-refractivity contribution is 0.687. The largest absolute Gasteiger partial charge is 0.0956 e. The fraction of sp³-hybridized carbons (Fsp3) is 0.733. The summed E-state index contributed by atoms with van der Waals surface area (Å²) in [6.45, 7) is 14.4. The predicted molar refractivity (Wildman–Crippen MR) is 77.7 cm³/mol. The molecule has 0 amide bonds. The van der Waals surface area contributed by atoms with Crippen LogP contribution in [0.5, 0.6) is 0 Å². The van der Waals surface area contributed by atoms with E-state index in [2.05, 4.69) is 65.8 Å². The standard InChI is InChI=1S/C15H27P/c1-14(2,3)16(15(4,5)6)12-11-13-9-7-8-10-13/h7-10,13H,11-12H2,1-6H3. The highest BCUT2D eigenvalue weighted by atomic mass is 31.1. The van der Waals surface area contributed by atoms with Gasteiger partial charge in [0.25, 0.3) is 0 Å². The predicted octanol–water partition coefficient (Wildman–Crippen LogP) is 5.20. The quantitative estimate of drug-likeness (QED) is 0.593. The number of rotatable bonds is 3. The van der Waals surface area contributed by atoms with E-state index in [4.69, 9.17) is 0 Å². The van der Waals surface area contributed by atoms with E-state index >= 15 is 0 Å². The van der Waals surface area contributed by atoms with E-state index in [9.17, 15) is 0 Å². The van der Waals surface area contributed by atoms with Gasteiger partial charge in [0.1, 0.15) is 0 Å². The van der Waals surface area contributed by atoms with Gasteiger partial charge < -0.3 is 0 Å². The lowest BCUT2D eigenvalue weighted by atomic mass is 10.1. The molecule has 1 rings (SSSR count). The Morgan fingerprint density at radius 1 is 0.875 bits per heavy atom. The van der Waals surface area contributed by atoms with Crippen molar-refractivity contribution in [2.75, 3.05) is 6.16 Å². The van der Waals surface area contributed by atoms with Crippen molar-refractivity contribution in [3.05, 3.63) is 24.3 Å². The first-order chi connectivity index (χ1) is 7.21. The Balaban J connectivity index is 2.58. The van der Waals surface area contributed by atoms with Crippen molar-refractivity contribution in [1.29, 1.82) is 0 Å². The molecule has 0 aromatic heterocycles. The smallest absolute Gasteiger partial charge is 0.00439 e. The highest BCUT2D eigenvalue weighted by molar-refractivity contribution is 7.60. The molecule has 0 nitrogen and oxygen atoms in total. The maximum atomic E-state index is 2.41. The van der Waals surface area contributed by atoms with Gasteiger partial charge in [0.15, 0.2) is 0 Å². The van der Waals surface area contributed by atoms with Gasteiger partial charge >= 0.3 is 0 Å². The van der Waals surface area contributed by atoms with E-state index in [1.54, 1.807) is 0 Å². The molecule has 0 bridgehead atoms. The first-order valence-corrected chi connectivity index (χ1v) is 7.87. The van der Waals surface area contributed by atoms with Gasteiger partial charge in [-0.05, 0) is 28.8 Å². The molecular weight excluding hydrogens is 211 g/mol. The molecule has 0 spiro atoms. The van der Waals surface area contributed by atoms with E-state index in [0.29, 0.717) is 16.2 Å². The number of hydrogen-bond donors (Lipinski definition) is 0. The van der Waals surface area contributed by atoms with Crippen LogP contribution in [0, 0.1) is 5.92 Å². The molecule has 0 radical (unpaired) electrons. The van der Waals surface area contributed by atoms with E-state index in [-0.39, 0.29) is 7.92 Å². The third-order valence-electron chi connectivity index (χ3n) is 3.13. The van der Waals surface area contributed by atoms with Gasteiger partial charge in [0, 0.05) is 0 Å². The molecule has 1 aliphatic rings. The lowest BCUT2D eigenvalue weighted by Crippen LogP contribution is -2.26. The fourth-order valence-electron chi connectivity index (χ4n) is 2.63. The Kier molecular flexibility index (Phi) is 4.41. The van der Waals surface area contributed by atoms with Gasteiger partial charge in [-0.1, -0.05) is 73.8 Å². The van der Waals surface area contributed by atoms with Crippen LogP contribution >= 0.6 is 7.92 Å². The van der Waals surface area contributed by atoms with Crippen molar-refractivity contribution in [3.8, 4) is 0 Å². The average molecular weight is 238 g/mol. The van der Waals surface area contributed by atoms with Crippen LogP contribution in [0.3, 0.4) is 0 Å². The molecule has 0 unspecified atom stereocenters. The summed E-state index contributed by atoms with van der Waals surface area (Å²) in [5.74, 6) is 0.703. The van der Waals surface area contributed by atoms with Crippen molar-refractivity contribution in [1.82, 2.24) is 0 Å². The Hall–Kier alpha value is -0.0900. The van der Waals surface area contributed by atoms with Crippen LogP contribution < -0.4 is 0 Å². The molecule has 0 N–H and O–H groups in total. The third kappa shape index (κ3) is 4.06. The van der Waals surface area contributed by atoms with Crippen molar-refractivity contribution in [2.45, 2.75) is 58.3 Å². The SMILES string of the molecule is CC(C)(C)P(CCC1C=CC=C1)C(C)(C)C. The van der Waals surface area contributed by atoms with Crippen LogP contribution in [0.1, 0.15) is 48.0 Å². The molecule has 0 fully saturated rings. The number of hydrogen-bond acceptors (Lipinski definition) is 0. The molecule has 16 heavy (non-hydrogen) atoms. The maximum Gasteiger partial charge on any atom is -0.00439 e. The average Bonchev–Trinajstić information content (AvgIpc) is 2.51. The van der Waals surface area contributed by atoms with Crippen LogP contribution in [0.15, 0.2) is 24.3 Å². The zero-order valence-electron chi connectivity index (χ0n) is 11.7. The summed E-state index contributed by atoms with van der Waals surface area (Å²) in [4.78, 5) is 0. The van der Waals surface area contributed by atoms with Gasteiger partial charge in [-0.2, -0.15) is 0 Å². The minimum atomic E-state index is 0.0733. The molecule has 1 aliphatic carbocycles. The summed E-state index contributed by atoms with van der Waals surface area (Å²) in [5, 5.41) is 0.944. The zero-order valence-corrected chi connectivity index (χ0v) is 12.6. The van der Waals surface area contributed by atoms with Gasteiger partial charge in [0.2, 0.25) is 0 Å². The molecule has 0 aromatic carbocycles. The third-order valence-corrected chi connectivity index (χ3v) is 7.08. The molecule has 0 saturated heterocycles. The Morgan fingerprint density at radius 3 is 1.69 bits per heavy atom.